The third kappa shape index (κ3) is 4.66. The van der Waals surface area contributed by atoms with E-state index in [4.69, 9.17) is 12.2 Å². The van der Waals surface area contributed by atoms with E-state index in [1.807, 2.05) is 0 Å². The minimum atomic E-state index is 0.629. The zero-order chi connectivity index (χ0) is 11.9. The summed E-state index contributed by atoms with van der Waals surface area (Å²) in [5.41, 5.74) is 1.62. The van der Waals surface area contributed by atoms with Gasteiger partial charge in [0.15, 0.2) is 5.11 Å². The van der Waals surface area contributed by atoms with E-state index < -0.39 is 0 Å². The largest absolute Gasteiger partial charge is 0.362 e. The van der Waals surface area contributed by atoms with Crippen LogP contribution in [0.2, 0.25) is 0 Å². The summed E-state index contributed by atoms with van der Waals surface area (Å²) in [5, 5.41) is 7.61. The first-order chi connectivity index (χ1) is 8.34. The predicted octanol–water partition coefficient (Wildman–Crippen LogP) is 3.28. The number of allylic oxidation sites excluding steroid dienone is 1. The van der Waals surface area contributed by atoms with Gasteiger partial charge in [0.25, 0.3) is 0 Å². The van der Waals surface area contributed by atoms with Gasteiger partial charge in [0.1, 0.15) is 0 Å². The fourth-order valence-electron chi connectivity index (χ4n) is 2.77. The summed E-state index contributed by atoms with van der Waals surface area (Å²) in [5.74, 6) is 0. The van der Waals surface area contributed by atoms with Gasteiger partial charge in [-0.15, -0.1) is 0 Å². The van der Waals surface area contributed by atoms with E-state index in [9.17, 15) is 0 Å². The molecule has 3 heteroatoms. The monoisotopic (exact) mass is 252 g/mol. The Labute approximate surface area is 110 Å². The van der Waals surface area contributed by atoms with Gasteiger partial charge >= 0.3 is 0 Å². The van der Waals surface area contributed by atoms with E-state index in [-0.39, 0.29) is 0 Å². The van der Waals surface area contributed by atoms with Gasteiger partial charge < -0.3 is 10.6 Å². The molecule has 2 nitrogen and oxygen atoms in total. The highest BCUT2D eigenvalue weighted by Crippen LogP contribution is 2.19. The lowest BCUT2D eigenvalue weighted by molar-refractivity contribution is 0.617. The number of nitrogens with one attached hydrogen (secondary N) is 2. The van der Waals surface area contributed by atoms with Gasteiger partial charge in [0.05, 0.1) is 0 Å². The van der Waals surface area contributed by atoms with E-state index >= 15 is 0 Å². The summed E-state index contributed by atoms with van der Waals surface area (Å²) in [7, 11) is 0. The minimum Gasteiger partial charge on any atom is -0.362 e. The Morgan fingerprint density at radius 3 is 2.76 bits per heavy atom. The summed E-state index contributed by atoms with van der Waals surface area (Å²) in [4.78, 5) is 0. The second-order valence-electron chi connectivity index (χ2n) is 5.24. The third-order valence-corrected chi connectivity index (χ3v) is 4.07. The first-order valence-corrected chi connectivity index (χ1v) is 7.48. The van der Waals surface area contributed by atoms with Crippen LogP contribution in [0.15, 0.2) is 11.6 Å². The van der Waals surface area contributed by atoms with Crippen LogP contribution in [0, 0.1) is 0 Å². The molecule has 2 rings (SSSR count). The highest BCUT2D eigenvalue weighted by molar-refractivity contribution is 7.80. The van der Waals surface area contributed by atoms with Crippen molar-refractivity contribution >= 4 is 17.3 Å². The maximum atomic E-state index is 5.32. The molecule has 0 radical (unpaired) electrons. The SMILES string of the molecule is S=C(NCCC1=CCCCC1)NC1CCCC1. The summed E-state index contributed by atoms with van der Waals surface area (Å²) in [6.45, 7) is 0.990. The zero-order valence-electron chi connectivity index (χ0n) is 10.6. The lowest BCUT2D eigenvalue weighted by atomic mass is 9.97. The maximum Gasteiger partial charge on any atom is 0.166 e. The average Bonchev–Trinajstić information content (AvgIpc) is 2.83. The smallest absolute Gasteiger partial charge is 0.166 e. The molecule has 2 N–H and O–H groups in total. The number of hydrogen-bond acceptors (Lipinski definition) is 1. The van der Waals surface area contributed by atoms with Crippen LogP contribution in [-0.2, 0) is 0 Å². The molecule has 0 aliphatic heterocycles. The molecule has 0 atom stereocenters. The molecule has 0 amide bonds. The Kier molecular flexibility index (Phi) is 5.30. The van der Waals surface area contributed by atoms with Gasteiger partial charge in [-0.1, -0.05) is 24.5 Å². The van der Waals surface area contributed by atoms with Crippen molar-refractivity contribution in [1.82, 2.24) is 10.6 Å². The topological polar surface area (TPSA) is 24.1 Å². The normalized spacial score (nSPS) is 21.1. The molecule has 0 saturated heterocycles. The van der Waals surface area contributed by atoms with Gasteiger partial charge in [0.2, 0.25) is 0 Å². The maximum absolute atomic E-state index is 5.32. The molecule has 0 aromatic carbocycles. The van der Waals surface area contributed by atoms with Gasteiger partial charge in [-0.2, -0.15) is 0 Å². The third-order valence-electron chi connectivity index (χ3n) is 3.81. The molecule has 2 aliphatic rings. The second kappa shape index (κ2) is 7.00. The van der Waals surface area contributed by atoms with Gasteiger partial charge in [-0.3, -0.25) is 0 Å². The van der Waals surface area contributed by atoms with Crippen molar-refractivity contribution < 1.29 is 0 Å². The van der Waals surface area contributed by atoms with Crippen LogP contribution in [-0.4, -0.2) is 17.7 Å². The number of hydrogen-bond donors (Lipinski definition) is 2. The van der Waals surface area contributed by atoms with Crippen molar-refractivity contribution in [2.75, 3.05) is 6.54 Å². The number of rotatable bonds is 4. The van der Waals surface area contributed by atoms with Crippen LogP contribution < -0.4 is 10.6 Å². The van der Waals surface area contributed by atoms with Crippen LogP contribution in [0.5, 0.6) is 0 Å². The highest BCUT2D eigenvalue weighted by Gasteiger charge is 2.15. The Balaban J connectivity index is 1.57. The molecule has 96 valence electrons. The molecular weight excluding hydrogens is 228 g/mol. The standard InChI is InChI=1S/C14H24N2S/c17-14(16-13-8-4-5-9-13)15-11-10-12-6-2-1-3-7-12/h6,13H,1-5,7-11H2,(H2,15,16,17). The Morgan fingerprint density at radius 2 is 2.06 bits per heavy atom. The molecule has 0 spiro atoms. The van der Waals surface area contributed by atoms with E-state index in [0.29, 0.717) is 6.04 Å². The molecule has 0 bridgehead atoms. The van der Waals surface area contributed by atoms with Crippen molar-refractivity contribution in [2.24, 2.45) is 0 Å². The van der Waals surface area contributed by atoms with Crippen molar-refractivity contribution in [3.8, 4) is 0 Å². The number of thiocarbonyl (C=S) groups is 1. The molecule has 2 aliphatic carbocycles. The first-order valence-electron chi connectivity index (χ1n) is 7.07. The molecule has 0 heterocycles. The fraction of sp³-hybridized carbons (Fsp3) is 0.786. The van der Waals surface area contributed by atoms with E-state index in [0.717, 1.165) is 18.1 Å². The molecule has 0 aromatic heterocycles. The molecule has 1 fully saturated rings. The predicted molar refractivity (Wildman–Crippen MR) is 77.2 cm³/mol. The van der Waals surface area contributed by atoms with E-state index in [2.05, 4.69) is 16.7 Å². The van der Waals surface area contributed by atoms with Gasteiger partial charge in [0, 0.05) is 12.6 Å². The van der Waals surface area contributed by atoms with Crippen molar-refractivity contribution in [2.45, 2.75) is 63.8 Å². The van der Waals surface area contributed by atoms with Crippen LogP contribution in [0.1, 0.15) is 57.8 Å². The summed E-state index contributed by atoms with van der Waals surface area (Å²) < 4.78 is 0. The zero-order valence-corrected chi connectivity index (χ0v) is 11.5. The summed E-state index contributed by atoms with van der Waals surface area (Å²) in [6.07, 6.45) is 14.2. The van der Waals surface area contributed by atoms with Crippen LogP contribution in [0.3, 0.4) is 0 Å². The van der Waals surface area contributed by atoms with Crippen LogP contribution in [0.25, 0.3) is 0 Å². The molecule has 0 unspecified atom stereocenters. The summed E-state index contributed by atoms with van der Waals surface area (Å²) in [6, 6.07) is 0.629. The first kappa shape index (κ1) is 12.9. The van der Waals surface area contributed by atoms with Crippen LogP contribution >= 0.6 is 12.2 Å². The Hall–Kier alpha value is -0.570. The Bertz CT molecular complexity index is 280. The van der Waals surface area contributed by atoms with Crippen molar-refractivity contribution in [3.05, 3.63) is 11.6 Å². The lowest BCUT2D eigenvalue weighted by Gasteiger charge is -2.17. The highest BCUT2D eigenvalue weighted by atomic mass is 32.1. The minimum absolute atomic E-state index is 0.629. The van der Waals surface area contributed by atoms with E-state index in [1.54, 1.807) is 5.57 Å². The Morgan fingerprint density at radius 1 is 1.24 bits per heavy atom. The van der Waals surface area contributed by atoms with Gasteiger partial charge in [-0.05, 0) is 57.2 Å². The van der Waals surface area contributed by atoms with E-state index in [1.165, 1.54) is 51.4 Å². The van der Waals surface area contributed by atoms with Gasteiger partial charge in [-0.25, -0.2) is 0 Å². The second-order valence-corrected chi connectivity index (χ2v) is 5.65. The van der Waals surface area contributed by atoms with Crippen molar-refractivity contribution in [3.63, 3.8) is 0 Å². The van der Waals surface area contributed by atoms with Crippen LogP contribution in [0.4, 0.5) is 0 Å². The molecule has 1 saturated carbocycles. The summed E-state index contributed by atoms with van der Waals surface area (Å²) >= 11 is 5.32. The lowest BCUT2D eigenvalue weighted by Crippen LogP contribution is -2.41. The molecule has 17 heavy (non-hydrogen) atoms. The fourth-order valence-corrected chi connectivity index (χ4v) is 3.04. The molecular formula is C14H24N2S. The molecule has 0 aromatic rings. The average molecular weight is 252 g/mol. The van der Waals surface area contributed by atoms with Crippen molar-refractivity contribution in [1.29, 1.82) is 0 Å². The quantitative estimate of drug-likeness (QED) is 0.593.